The van der Waals surface area contributed by atoms with E-state index < -0.39 is 12.0 Å². The van der Waals surface area contributed by atoms with Gasteiger partial charge in [-0.25, -0.2) is 9.78 Å². The standard InChI is InChI=1S/C27H32N4O4S/c1-4-34-26(33)22-15-30(9-10-31(22)23(32)12-18-6-5-11-36-18)25-20(14-28)19-13-27(2,3)35-16-21(19)24(29-25)17-7-8-17/h5-6,11,17,22H,4,7-10,12-13,15-16H2,1-3H3. The van der Waals surface area contributed by atoms with Crippen LogP contribution in [0.1, 0.15) is 66.8 Å². The Kier molecular flexibility index (Phi) is 6.75. The minimum absolute atomic E-state index is 0.0911. The van der Waals surface area contributed by atoms with Crippen molar-refractivity contribution in [1.82, 2.24) is 9.88 Å². The SMILES string of the molecule is CCOC(=O)C1CN(c2nc(C3CC3)c3c(c2C#N)CC(C)(C)OC3)CCN1C(=O)Cc1cccs1. The molecule has 36 heavy (non-hydrogen) atoms. The summed E-state index contributed by atoms with van der Waals surface area (Å²) in [6, 6.07) is 5.52. The highest BCUT2D eigenvalue weighted by molar-refractivity contribution is 7.10. The molecule has 1 amide bonds. The molecule has 1 saturated heterocycles. The predicted octanol–water partition coefficient (Wildman–Crippen LogP) is 3.57. The van der Waals surface area contributed by atoms with Gasteiger partial charge in [0, 0.05) is 35.9 Å². The number of fused-ring (bicyclic) bond motifs is 1. The van der Waals surface area contributed by atoms with Crippen LogP contribution in [0, 0.1) is 11.3 Å². The van der Waals surface area contributed by atoms with E-state index in [4.69, 9.17) is 14.5 Å². The highest BCUT2D eigenvalue weighted by atomic mass is 32.1. The largest absolute Gasteiger partial charge is 0.464 e. The van der Waals surface area contributed by atoms with Gasteiger partial charge in [-0.3, -0.25) is 4.79 Å². The fraction of sp³-hybridized carbons (Fsp3) is 0.556. The van der Waals surface area contributed by atoms with Crippen LogP contribution in [0.25, 0.3) is 0 Å². The summed E-state index contributed by atoms with van der Waals surface area (Å²) in [6.45, 7) is 7.67. The summed E-state index contributed by atoms with van der Waals surface area (Å²) in [5.41, 5.74) is 3.30. The van der Waals surface area contributed by atoms with Crippen LogP contribution in [0.15, 0.2) is 17.5 Å². The zero-order chi connectivity index (χ0) is 25.4. The molecular formula is C27H32N4O4S. The highest BCUT2D eigenvalue weighted by Crippen LogP contribution is 2.45. The van der Waals surface area contributed by atoms with Crippen molar-refractivity contribution in [2.24, 2.45) is 0 Å². The van der Waals surface area contributed by atoms with Crippen molar-refractivity contribution in [3.05, 3.63) is 44.8 Å². The number of nitrogens with zero attached hydrogens (tertiary/aromatic N) is 4. The molecular weight excluding hydrogens is 476 g/mol. The second kappa shape index (κ2) is 9.83. The van der Waals surface area contributed by atoms with Gasteiger partial charge in [0.1, 0.15) is 17.9 Å². The molecule has 2 aliphatic heterocycles. The molecule has 9 heteroatoms. The third kappa shape index (κ3) is 4.84. The van der Waals surface area contributed by atoms with Crippen LogP contribution in [0.2, 0.25) is 0 Å². The van der Waals surface area contributed by atoms with Crippen LogP contribution in [0.4, 0.5) is 5.82 Å². The quantitative estimate of drug-likeness (QED) is 0.551. The first kappa shape index (κ1) is 24.7. The summed E-state index contributed by atoms with van der Waals surface area (Å²) in [6.07, 6.45) is 3.07. The Morgan fingerprint density at radius 1 is 1.31 bits per heavy atom. The van der Waals surface area contributed by atoms with E-state index in [0.717, 1.165) is 34.5 Å². The molecule has 0 N–H and O–H groups in total. The van der Waals surface area contributed by atoms with Crippen molar-refractivity contribution in [2.75, 3.05) is 31.1 Å². The average molecular weight is 509 g/mol. The highest BCUT2D eigenvalue weighted by Gasteiger charge is 2.41. The number of carbonyl (C=O) groups excluding carboxylic acids is 2. The summed E-state index contributed by atoms with van der Waals surface area (Å²) in [4.78, 5) is 35.8. The number of esters is 1. The number of anilines is 1. The molecule has 1 aliphatic carbocycles. The maximum absolute atomic E-state index is 13.2. The normalized spacial score (nSPS) is 21.0. The molecule has 1 atom stereocenters. The van der Waals surface area contributed by atoms with Gasteiger partial charge < -0.3 is 19.3 Å². The minimum Gasteiger partial charge on any atom is -0.464 e. The molecule has 8 nitrogen and oxygen atoms in total. The van der Waals surface area contributed by atoms with Gasteiger partial charge in [-0.1, -0.05) is 6.07 Å². The third-order valence-electron chi connectivity index (χ3n) is 7.18. The number of hydrogen-bond donors (Lipinski definition) is 0. The molecule has 0 radical (unpaired) electrons. The van der Waals surface area contributed by atoms with Crippen LogP contribution in [0.3, 0.4) is 0 Å². The molecule has 1 unspecified atom stereocenters. The van der Waals surface area contributed by atoms with Gasteiger partial charge in [-0.2, -0.15) is 5.26 Å². The molecule has 2 aromatic heterocycles. The van der Waals surface area contributed by atoms with Crippen LogP contribution >= 0.6 is 11.3 Å². The first-order valence-electron chi connectivity index (χ1n) is 12.6. The van der Waals surface area contributed by atoms with Crippen LogP contribution in [-0.2, 0) is 38.5 Å². The van der Waals surface area contributed by atoms with Crippen molar-refractivity contribution in [1.29, 1.82) is 5.26 Å². The van der Waals surface area contributed by atoms with E-state index in [1.54, 1.807) is 11.8 Å². The van der Waals surface area contributed by atoms with E-state index >= 15 is 0 Å². The topological polar surface area (TPSA) is 95.8 Å². The first-order chi connectivity index (χ1) is 17.3. The lowest BCUT2D eigenvalue weighted by molar-refractivity contribution is -0.155. The Hall–Kier alpha value is -2.96. The molecule has 4 heterocycles. The number of hydrogen-bond acceptors (Lipinski definition) is 8. The Morgan fingerprint density at radius 2 is 2.11 bits per heavy atom. The fourth-order valence-electron chi connectivity index (χ4n) is 5.20. The van der Waals surface area contributed by atoms with E-state index in [1.807, 2.05) is 36.3 Å². The first-order valence-corrected chi connectivity index (χ1v) is 13.5. The number of ether oxygens (including phenoxy) is 2. The lowest BCUT2D eigenvalue weighted by Crippen LogP contribution is -2.59. The molecule has 3 aliphatic rings. The van der Waals surface area contributed by atoms with Gasteiger partial charge in [-0.15, -0.1) is 11.3 Å². The van der Waals surface area contributed by atoms with Gasteiger partial charge in [0.25, 0.3) is 0 Å². The summed E-state index contributed by atoms with van der Waals surface area (Å²) < 4.78 is 11.5. The van der Waals surface area contributed by atoms with Crippen LogP contribution in [0.5, 0.6) is 0 Å². The van der Waals surface area contributed by atoms with E-state index in [-0.39, 0.29) is 31.1 Å². The molecule has 0 bridgehead atoms. The second-order valence-electron chi connectivity index (χ2n) is 10.3. The summed E-state index contributed by atoms with van der Waals surface area (Å²) in [7, 11) is 0. The molecule has 1 saturated carbocycles. The van der Waals surface area contributed by atoms with Gasteiger partial charge in [0.05, 0.1) is 43.0 Å². The van der Waals surface area contributed by atoms with Crippen molar-refractivity contribution in [3.8, 4) is 6.07 Å². The van der Waals surface area contributed by atoms with Crippen LogP contribution < -0.4 is 4.90 Å². The Morgan fingerprint density at radius 3 is 2.78 bits per heavy atom. The number of rotatable bonds is 6. The van der Waals surface area contributed by atoms with E-state index in [2.05, 4.69) is 6.07 Å². The van der Waals surface area contributed by atoms with Gasteiger partial charge in [0.2, 0.25) is 5.91 Å². The van der Waals surface area contributed by atoms with E-state index in [0.29, 0.717) is 43.4 Å². The van der Waals surface area contributed by atoms with Crippen molar-refractivity contribution in [2.45, 2.75) is 70.6 Å². The lowest BCUT2D eigenvalue weighted by Gasteiger charge is -2.41. The van der Waals surface area contributed by atoms with Gasteiger partial charge in [0.15, 0.2) is 0 Å². The second-order valence-corrected chi connectivity index (χ2v) is 11.4. The number of amides is 1. The van der Waals surface area contributed by atoms with Crippen molar-refractivity contribution < 1.29 is 19.1 Å². The number of pyridine rings is 1. The number of piperazine rings is 1. The number of nitriles is 1. The Balaban J connectivity index is 1.48. The summed E-state index contributed by atoms with van der Waals surface area (Å²) in [5, 5.41) is 12.2. The smallest absolute Gasteiger partial charge is 0.330 e. The Bertz CT molecular complexity index is 1200. The van der Waals surface area contributed by atoms with Crippen molar-refractivity contribution in [3.63, 3.8) is 0 Å². The predicted molar refractivity (Wildman–Crippen MR) is 136 cm³/mol. The molecule has 190 valence electrons. The zero-order valence-electron chi connectivity index (χ0n) is 21.1. The molecule has 0 spiro atoms. The maximum atomic E-state index is 13.2. The monoisotopic (exact) mass is 508 g/mol. The van der Waals surface area contributed by atoms with Gasteiger partial charge >= 0.3 is 5.97 Å². The lowest BCUT2D eigenvalue weighted by atomic mass is 9.87. The molecule has 0 aromatic carbocycles. The van der Waals surface area contributed by atoms with E-state index in [9.17, 15) is 14.9 Å². The summed E-state index contributed by atoms with van der Waals surface area (Å²) in [5.74, 6) is 0.502. The van der Waals surface area contributed by atoms with E-state index in [1.165, 1.54) is 11.3 Å². The molecule has 5 rings (SSSR count). The summed E-state index contributed by atoms with van der Waals surface area (Å²) >= 11 is 1.53. The minimum atomic E-state index is -0.750. The van der Waals surface area contributed by atoms with Crippen LogP contribution in [-0.4, -0.2) is 59.6 Å². The number of aromatic nitrogens is 1. The maximum Gasteiger partial charge on any atom is 0.330 e. The van der Waals surface area contributed by atoms with Crippen molar-refractivity contribution >= 4 is 29.0 Å². The number of thiophene rings is 1. The zero-order valence-corrected chi connectivity index (χ0v) is 21.9. The molecule has 2 aromatic rings. The Labute approximate surface area is 215 Å². The molecule has 2 fully saturated rings. The van der Waals surface area contributed by atoms with Gasteiger partial charge in [-0.05, 0) is 50.6 Å². The fourth-order valence-corrected chi connectivity index (χ4v) is 5.89. The average Bonchev–Trinajstić information content (AvgIpc) is 3.58. The number of carbonyl (C=O) groups is 2. The third-order valence-corrected chi connectivity index (χ3v) is 8.05.